The Morgan fingerprint density at radius 3 is 2.54 bits per heavy atom. The first-order chi connectivity index (χ1) is 19.8. The largest absolute Gasteiger partial charge is 0.338 e. The molecule has 0 saturated carbocycles. The smallest absolute Gasteiger partial charge is 0.255 e. The second-order valence-corrected chi connectivity index (χ2v) is 11.4. The average Bonchev–Trinajstić information content (AvgIpc) is 3.40. The van der Waals surface area contributed by atoms with Crippen LogP contribution in [0.15, 0.2) is 72.4 Å². The summed E-state index contributed by atoms with van der Waals surface area (Å²) in [5, 5.41) is 17.1. The highest BCUT2D eigenvalue weighted by atomic mass is 32.2. The van der Waals surface area contributed by atoms with Gasteiger partial charge in [-0.3, -0.25) is 9.59 Å². The molecule has 2 aromatic heterocycles. The minimum atomic E-state index is -0.461. The third-order valence-electron chi connectivity index (χ3n) is 6.76. The minimum absolute atomic E-state index is 0.168. The van der Waals surface area contributed by atoms with E-state index in [1.54, 1.807) is 54.7 Å². The van der Waals surface area contributed by atoms with Gasteiger partial charge in [0.15, 0.2) is 17.3 Å². The van der Waals surface area contributed by atoms with Crippen molar-refractivity contribution in [3.63, 3.8) is 0 Å². The number of hydrogen-bond donors (Lipinski definition) is 4. The fourth-order valence-electron chi connectivity index (χ4n) is 4.55. The highest BCUT2D eigenvalue weighted by Gasteiger charge is 2.24. The molecule has 11 heteroatoms. The molecule has 0 radical (unpaired) electrons. The van der Waals surface area contributed by atoms with Crippen molar-refractivity contribution in [3.8, 4) is 0 Å². The van der Waals surface area contributed by atoms with Gasteiger partial charge in [-0.05, 0) is 80.4 Å². The van der Waals surface area contributed by atoms with Crippen LogP contribution in [0.4, 0.5) is 27.3 Å². The van der Waals surface area contributed by atoms with E-state index in [0.717, 1.165) is 31.5 Å². The van der Waals surface area contributed by atoms with E-state index < -0.39 is 5.82 Å². The Hall–Kier alpha value is -4.22. The van der Waals surface area contributed by atoms with Gasteiger partial charge in [-0.2, -0.15) is 14.0 Å². The molecule has 41 heavy (non-hydrogen) atoms. The van der Waals surface area contributed by atoms with Crippen LogP contribution < -0.4 is 21.3 Å². The number of aromatic nitrogens is 3. The summed E-state index contributed by atoms with van der Waals surface area (Å²) in [6.45, 7) is 9.36. The summed E-state index contributed by atoms with van der Waals surface area (Å²) < 4.78 is 17.5. The Morgan fingerprint density at radius 2 is 1.83 bits per heavy atom. The lowest BCUT2D eigenvalue weighted by Gasteiger charge is -2.22. The van der Waals surface area contributed by atoms with Crippen LogP contribution in [0.3, 0.4) is 0 Å². The molecule has 0 unspecified atom stereocenters. The Labute approximate surface area is 242 Å². The number of amides is 2. The van der Waals surface area contributed by atoms with E-state index in [9.17, 15) is 9.59 Å². The number of carbonyl (C=O) groups excluding carboxylic acids is 2. The van der Waals surface area contributed by atoms with E-state index >= 15 is 4.39 Å². The van der Waals surface area contributed by atoms with E-state index in [1.807, 2.05) is 0 Å². The first-order valence-corrected chi connectivity index (χ1v) is 14.4. The number of halogens is 1. The lowest BCUT2D eigenvalue weighted by Crippen LogP contribution is -2.29. The summed E-state index contributed by atoms with van der Waals surface area (Å²) in [6.07, 6.45) is 4.81. The maximum atomic E-state index is 16.0. The van der Waals surface area contributed by atoms with Crippen LogP contribution in [0, 0.1) is 5.82 Å². The highest BCUT2D eigenvalue weighted by molar-refractivity contribution is 7.99. The standard InChI is InChI=1S/C30H32FN7O2S/c1-4-25(39)34-20-10-8-19(9-11-20)29(40)36-22-7-5-6-21(16-22)35-28-26(31)30(41-23-12-14-32-15-13-23)37-27-24(18(2)3)17-33-38(27)28/h4-11,16-18,23,32,35H,1,12-15H2,2-3H3,(H,34,39)(H,36,40). The molecule has 1 aliphatic heterocycles. The Balaban J connectivity index is 1.39. The third-order valence-corrected chi connectivity index (χ3v) is 8.05. The first kappa shape index (κ1) is 28.3. The zero-order chi connectivity index (χ0) is 28.9. The predicted molar refractivity (Wildman–Crippen MR) is 162 cm³/mol. The summed E-state index contributed by atoms with van der Waals surface area (Å²) >= 11 is 1.48. The van der Waals surface area contributed by atoms with Crippen molar-refractivity contribution in [1.29, 1.82) is 0 Å². The highest BCUT2D eigenvalue weighted by Crippen LogP contribution is 2.35. The van der Waals surface area contributed by atoms with Gasteiger partial charge in [-0.25, -0.2) is 4.98 Å². The molecular formula is C30H32FN7O2S. The molecule has 0 bridgehead atoms. The molecule has 5 rings (SSSR count). The van der Waals surface area contributed by atoms with Crippen LogP contribution in [0.2, 0.25) is 0 Å². The number of nitrogens with one attached hydrogen (secondary N) is 4. The van der Waals surface area contributed by atoms with E-state index in [1.165, 1.54) is 22.4 Å². The van der Waals surface area contributed by atoms with Gasteiger partial charge in [0.2, 0.25) is 5.91 Å². The zero-order valence-corrected chi connectivity index (χ0v) is 23.7. The molecule has 1 saturated heterocycles. The number of carbonyl (C=O) groups is 2. The topological polar surface area (TPSA) is 112 Å². The second kappa shape index (κ2) is 12.5. The van der Waals surface area contributed by atoms with E-state index in [0.29, 0.717) is 33.3 Å². The second-order valence-electron chi connectivity index (χ2n) is 10.1. The maximum absolute atomic E-state index is 16.0. The number of thioether (sulfide) groups is 1. The van der Waals surface area contributed by atoms with Crippen molar-refractivity contribution >= 4 is 52.1 Å². The van der Waals surface area contributed by atoms with Crippen molar-refractivity contribution in [2.45, 2.75) is 42.9 Å². The Bertz CT molecular complexity index is 1580. The predicted octanol–water partition coefficient (Wildman–Crippen LogP) is 5.96. The van der Waals surface area contributed by atoms with Crippen LogP contribution in [0.1, 0.15) is 48.5 Å². The SMILES string of the molecule is C=CC(=O)Nc1ccc(C(=O)Nc2cccc(Nc3c(F)c(SC4CCNCC4)nc4c(C(C)C)cnn34)c2)cc1. The van der Waals surface area contributed by atoms with E-state index in [2.05, 4.69) is 46.8 Å². The minimum Gasteiger partial charge on any atom is -0.338 e. The van der Waals surface area contributed by atoms with Crippen molar-refractivity contribution in [1.82, 2.24) is 19.9 Å². The third kappa shape index (κ3) is 6.58. The molecule has 9 nitrogen and oxygen atoms in total. The van der Waals surface area contributed by atoms with Gasteiger partial charge in [0, 0.05) is 33.4 Å². The molecule has 1 aliphatic rings. The van der Waals surface area contributed by atoms with Crippen molar-refractivity contribution in [3.05, 3.63) is 84.3 Å². The number of rotatable bonds is 9. The van der Waals surface area contributed by atoms with Crippen molar-refractivity contribution in [2.75, 3.05) is 29.0 Å². The first-order valence-electron chi connectivity index (χ1n) is 13.5. The van der Waals surface area contributed by atoms with Crippen molar-refractivity contribution in [2.24, 2.45) is 0 Å². The lowest BCUT2D eigenvalue weighted by molar-refractivity contribution is -0.111. The van der Waals surface area contributed by atoms with Crippen LogP contribution in [0.5, 0.6) is 0 Å². The summed E-state index contributed by atoms with van der Waals surface area (Å²) in [5.74, 6) is -0.755. The lowest BCUT2D eigenvalue weighted by atomic mass is 10.1. The maximum Gasteiger partial charge on any atom is 0.255 e. The fourth-order valence-corrected chi connectivity index (χ4v) is 5.67. The molecule has 212 valence electrons. The van der Waals surface area contributed by atoms with Gasteiger partial charge in [0.1, 0.15) is 5.03 Å². The van der Waals surface area contributed by atoms with Crippen LogP contribution in [-0.4, -0.2) is 44.8 Å². The van der Waals surface area contributed by atoms with Crippen LogP contribution in [0.25, 0.3) is 5.65 Å². The molecular weight excluding hydrogens is 541 g/mol. The molecule has 2 aromatic carbocycles. The molecule has 2 amide bonds. The van der Waals surface area contributed by atoms with Gasteiger partial charge in [-0.15, -0.1) is 0 Å². The molecule has 0 atom stereocenters. The van der Waals surface area contributed by atoms with Crippen LogP contribution >= 0.6 is 11.8 Å². The summed E-state index contributed by atoms with van der Waals surface area (Å²) in [4.78, 5) is 29.1. The summed E-state index contributed by atoms with van der Waals surface area (Å²) in [6, 6.07) is 13.6. The molecule has 0 aliphatic carbocycles. The fraction of sp³-hybridized carbons (Fsp3) is 0.267. The number of nitrogens with zero attached hydrogens (tertiary/aromatic N) is 3. The van der Waals surface area contributed by atoms with E-state index in [4.69, 9.17) is 4.98 Å². The van der Waals surface area contributed by atoms with Crippen molar-refractivity contribution < 1.29 is 14.0 Å². The molecule has 3 heterocycles. The molecule has 4 aromatic rings. The van der Waals surface area contributed by atoms with Gasteiger partial charge in [-0.1, -0.05) is 38.3 Å². The number of hydrogen-bond acceptors (Lipinski definition) is 7. The van der Waals surface area contributed by atoms with Gasteiger partial charge in [0.25, 0.3) is 5.91 Å². The molecule has 1 fully saturated rings. The Morgan fingerprint density at radius 1 is 1.10 bits per heavy atom. The van der Waals surface area contributed by atoms with Gasteiger partial charge >= 0.3 is 0 Å². The monoisotopic (exact) mass is 573 g/mol. The normalized spacial score (nSPS) is 13.8. The van der Waals surface area contributed by atoms with E-state index in [-0.39, 0.29) is 28.8 Å². The number of anilines is 4. The number of piperidine rings is 1. The summed E-state index contributed by atoms with van der Waals surface area (Å²) in [5.41, 5.74) is 3.65. The average molecular weight is 574 g/mol. The van der Waals surface area contributed by atoms with Gasteiger partial charge < -0.3 is 21.3 Å². The Kier molecular flexibility index (Phi) is 8.65. The number of benzene rings is 2. The quantitative estimate of drug-likeness (QED) is 0.144. The number of fused-ring (bicyclic) bond motifs is 1. The molecule has 4 N–H and O–H groups in total. The summed E-state index contributed by atoms with van der Waals surface area (Å²) in [7, 11) is 0. The zero-order valence-electron chi connectivity index (χ0n) is 22.9. The van der Waals surface area contributed by atoms with Crippen LogP contribution in [-0.2, 0) is 4.79 Å². The molecule has 0 spiro atoms. The van der Waals surface area contributed by atoms with Gasteiger partial charge in [0.05, 0.1) is 6.20 Å².